The summed E-state index contributed by atoms with van der Waals surface area (Å²) in [5, 5.41) is 132. The molecule has 0 saturated carbocycles. The van der Waals surface area contributed by atoms with Crippen LogP contribution in [0.2, 0.25) is 0 Å². The summed E-state index contributed by atoms with van der Waals surface area (Å²) in [4.78, 5) is 75.9. The molecule has 112 heavy (non-hydrogen) atoms. The van der Waals surface area contributed by atoms with E-state index in [0.717, 1.165) is 77.3 Å². The third-order valence-corrected chi connectivity index (χ3v) is 33.6. The van der Waals surface area contributed by atoms with Gasteiger partial charge in [-0.25, -0.2) is 0 Å². The fourth-order valence-corrected chi connectivity index (χ4v) is 31.0. The third-order valence-electron chi connectivity index (χ3n) is 33.6. The van der Waals surface area contributed by atoms with Gasteiger partial charge in [-0.15, -0.1) is 0 Å². The van der Waals surface area contributed by atoms with Crippen LogP contribution in [0.3, 0.4) is 0 Å². The highest BCUT2D eigenvalue weighted by atomic mass is 16.3. The van der Waals surface area contributed by atoms with Crippen molar-refractivity contribution in [1.82, 2.24) is 0 Å². The Morgan fingerprint density at radius 1 is 0.464 bits per heavy atom. The molecule has 7 aromatic rings. The standard InChI is InChI=1S/C99H56O13/c1-24-7-9-38-55-39(24)20-46-52(29(6)104)64-50(105)19-30-8-10-34-44-23-51(106)57-37-14-12-35-43-15-31(25(2)100)16-47-56(43)85-63-48(94(47)107)22-49-40(26(3)101)17-32-18-41(27(4)102)54-36-13-11-33-45-21-42(28(5)103)81(38)96(109)84(45)75-69-78-87(97(110)82(34)53(30)65(64)73-59(46)70(55)89(96)79(69)90(73)97)62(44)66(57)74-67-61(37)83(35)98(85,111)93-76(67)91-72(58(36)60(33)86(75)99(91,112)92(74)78)68-71(54)80(32)95(49,108)88(63)77(68)93/h8-9,13-23,31,41-42,51,80-81,86,90,93,105-112H,7,10-12H2,1-6H3. The summed E-state index contributed by atoms with van der Waals surface area (Å²) in [6.07, 6.45) is 21.8. The van der Waals surface area contributed by atoms with Crippen molar-refractivity contribution in [2.75, 3.05) is 0 Å². The minimum Gasteiger partial charge on any atom is -0.507 e. The molecule has 0 spiro atoms. The van der Waals surface area contributed by atoms with E-state index in [1.807, 2.05) is 24.3 Å². The van der Waals surface area contributed by atoms with E-state index in [1.165, 1.54) is 13.8 Å². The smallest absolute Gasteiger partial charge is 0.161 e. The van der Waals surface area contributed by atoms with Gasteiger partial charge in [-0.2, -0.15) is 0 Å². The lowest BCUT2D eigenvalue weighted by Gasteiger charge is -2.67. The number of hydrogen-bond donors (Lipinski definition) is 8. The summed E-state index contributed by atoms with van der Waals surface area (Å²) in [7, 11) is 0. The van der Waals surface area contributed by atoms with Gasteiger partial charge >= 0.3 is 0 Å². The Kier molecular flexibility index (Phi) is 8.06. The predicted molar refractivity (Wildman–Crippen MR) is 417 cm³/mol. The van der Waals surface area contributed by atoms with Gasteiger partial charge in [-0.3, -0.25) is 24.0 Å². The summed E-state index contributed by atoms with van der Waals surface area (Å²) in [5.41, 5.74) is 14.9. The van der Waals surface area contributed by atoms with Crippen molar-refractivity contribution in [1.29, 1.82) is 0 Å². The van der Waals surface area contributed by atoms with Crippen molar-refractivity contribution in [3.8, 4) is 11.5 Å². The van der Waals surface area contributed by atoms with E-state index in [4.69, 9.17) is 0 Å². The number of rotatable bonds is 5. The molecule has 530 valence electrons. The Hall–Kier alpha value is -11.4. The van der Waals surface area contributed by atoms with Crippen LogP contribution in [0.25, 0.3) is 135 Å². The van der Waals surface area contributed by atoms with Crippen molar-refractivity contribution >= 4 is 164 Å². The summed E-state index contributed by atoms with van der Waals surface area (Å²) in [6, 6.07) is 3.86. The molecule has 0 saturated heterocycles. The zero-order valence-corrected chi connectivity index (χ0v) is 60.6. The van der Waals surface area contributed by atoms with Crippen LogP contribution in [-0.4, -0.2) is 81.0 Å². The molecule has 13 nitrogen and oxygen atoms in total. The average Bonchev–Trinajstić information content (AvgIpc) is 0.599. The number of aliphatic hydroxyl groups excluding tert-OH is 1. The van der Waals surface area contributed by atoms with Gasteiger partial charge in [0.05, 0.1) is 17.9 Å². The zero-order valence-electron chi connectivity index (χ0n) is 60.6. The molecule has 0 amide bonds. The van der Waals surface area contributed by atoms with Crippen molar-refractivity contribution in [3.05, 3.63) is 246 Å². The average molecular weight is 1450 g/mol. The molecule has 7 aromatic carbocycles. The molecule has 0 aromatic heterocycles. The SMILES string of the molecule is CC(=O)C1=CC2=CC(C(C)=O)c3c4c5c6c7c3=CCC3=C7C7C8=C9C3=CC(C(C)=O)C3C%10=CCC(C)=c%11cc%12c(C(C)=O)c%13c(O)cc%14c%15c%13c%13c%12c(c%11%10)C(=C%10C8=c8c%11c%12c%16c(c%17c%18c%19c%16c8C7(O)C6=C%19C6C=5C5=c7c(c(O)c8c%16c7C6(O)C%18=C(CC=%17)C%16=CC(C(C)=O)C=8)C=C1C5(O)C24)C(O)C=C%12C(=C%15C%11(O)C%10%13)CC=%14)C93O. The largest absolute Gasteiger partial charge is 0.507 e. The van der Waals surface area contributed by atoms with Crippen LogP contribution in [0.5, 0.6) is 11.5 Å². The number of carbonyl (C=O) groups excluding carboxylic acids is 5. The highest BCUT2D eigenvalue weighted by molar-refractivity contribution is 6.35. The van der Waals surface area contributed by atoms with E-state index in [1.54, 1.807) is 39.0 Å². The normalized spacial score (nSPS) is 33.9. The first-order valence-corrected chi connectivity index (χ1v) is 39.8. The number of Topliss-reactive ketones (excluding diaryl/α,β-unsaturated/α-hetero) is 5. The van der Waals surface area contributed by atoms with Crippen molar-refractivity contribution in [3.63, 3.8) is 0 Å². The van der Waals surface area contributed by atoms with Crippen LogP contribution in [-0.2, 0) is 36.0 Å². The molecule has 0 radical (unpaired) electrons. The second-order valence-electron chi connectivity index (χ2n) is 37.1. The molecule has 14 atom stereocenters. The van der Waals surface area contributed by atoms with Gasteiger partial charge < -0.3 is 40.9 Å². The fourth-order valence-electron chi connectivity index (χ4n) is 31.0. The molecule has 14 unspecified atom stereocenters. The maximum absolute atomic E-state index is 17.2. The van der Waals surface area contributed by atoms with Gasteiger partial charge in [-0.1, -0.05) is 54.2 Å². The quantitative estimate of drug-likeness (QED) is 0.0635. The highest BCUT2D eigenvalue weighted by Gasteiger charge is 2.77. The molecule has 25 aliphatic rings. The first kappa shape index (κ1) is 57.6. The third kappa shape index (κ3) is 4.63. The van der Waals surface area contributed by atoms with Gasteiger partial charge in [0.1, 0.15) is 56.9 Å². The Morgan fingerprint density at radius 2 is 1.17 bits per heavy atom. The number of aliphatic hydroxyl groups is 6. The second kappa shape index (κ2) is 15.7. The van der Waals surface area contributed by atoms with Gasteiger partial charge in [0.25, 0.3) is 0 Å². The molecule has 8 N–H and O–H groups in total. The number of allylic oxidation sites excluding steroid dienone is 10. The number of carbonyl (C=O) groups is 5. The lowest BCUT2D eigenvalue weighted by molar-refractivity contribution is -0.122. The van der Waals surface area contributed by atoms with Gasteiger partial charge in [0.2, 0.25) is 0 Å². The molecule has 32 rings (SSSR count). The van der Waals surface area contributed by atoms with E-state index in [2.05, 4.69) is 43.4 Å². The fraction of sp³-hybridized carbons (Fsp3) is 0.242. The zero-order chi connectivity index (χ0) is 74.5. The Bertz CT molecular complexity index is 8250. The van der Waals surface area contributed by atoms with Crippen molar-refractivity contribution in [2.24, 2.45) is 29.6 Å². The summed E-state index contributed by atoms with van der Waals surface area (Å²) in [6.45, 7) is 9.87. The Labute approximate surface area is 631 Å². The predicted octanol–water partition coefficient (Wildman–Crippen LogP) is 7.09. The van der Waals surface area contributed by atoms with Crippen LogP contribution in [0.1, 0.15) is 196 Å². The number of phenols is 2. The topological polar surface area (TPSA) is 247 Å². The van der Waals surface area contributed by atoms with Crippen molar-refractivity contribution in [2.45, 2.75) is 119 Å². The number of hydrogen-bond acceptors (Lipinski definition) is 13. The first-order valence-electron chi connectivity index (χ1n) is 39.8. The Balaban J connectivity index is 0.902. The van der Waals surface area contributed by atoms with E-state index in [0.29, 0.717) is 215 Å². The second-order valence-corrected chi connectivity index (χ2v) is 37.1. The highest BCUT2D eigenvalue weighted by Crippen LogP contribution is 2.83. The summed E-state index contributed by atoms with van der Waals surface area (Å²) in [5.74, 6) is -9.45. The summed E-state index contributed by atoms with van der Waals surface area (Å²) >= 11 is 0. The lowest BCUT2D eigenvalue weighted by Crippen LogP contribution is -2.67. The first-order chi connectivity index (χ1) is 53.9. The van der Waals surface area contributed by atoms with Crippen LogP contribution in [0.4, 0.5) is 0 Å². The molecule has 0 bridgehead atoms. The lowest BCUT2D eigenvalue weighted by atomic mass is 9.37. The van der Waals surface area contributed by atoms with E-state index >= 15 is 39.9 Å². The molecule has 25 aliphatic carbocycles. The maximum Gasteiger partial charge on any atom is 0.161 e. The van der Waals surface area contributed by atoms with Gasteiger partial charge in [0, 0.05) is 124 Å². The van der Waals surface area contributed by atoms with Crippen LogP contribution < -0.4 is 41.7 Å². The monoisotopic (exact) mass is 1450 g/mol. The molecular formula is C99H56O13. The van der Waals surface area contributed by atoms with E-state index in [-0.39, 0.29) is 76.4 Å². The molecule has 0 fully saturated rings. The minimum atomic E-state index is -2.23. The molecular weight excluding hydrogens is 1400 g/mol. The number of aromatic hydroxyl groups is 2. The number of phenolic OH excluding ortho intramolecular Hbond substituents is 2. The van der Waals surface area contributed by atoms with Crippen LogP contribution in [0.15, 0.2) is 104 Å². The number of benzene rings is 7. The number of ketones is 5. The number of fused-ring (bicyclic) bond motifs is 6. The van der Waals surface area contributed by atoms with Crippen LogP contribution in [0, 0.1) is 29.6 Å². The Morgan fingerprint density at radius 3 is 1.94 bits per heavy atom. The minimum absolute atomic E-state index is 0.0744. The molecule has 13 heteroatoms. The maximum atomic E-state index is 17.2. The van der Waals surface area contributed by atoms with Crippen molar-refractivity contribution < 1.29 is 64.8 Å². The van der Waals surface area contributed by atoms with Gasteiger partial charge in [0.15, 0.2) is 11.6 Å². The molecule has 0 aliphatic heterocycles. The molecule has 0 heterocycles. The summed E-state index contributed by atoms with van der Waals surface area (Å²) < 4.78 is 0. The van der Waals surface area contributed by atoms with Gasteiger partial charge in [-0.05, 0) is 306 Å². The van der Waals surface area contributed by atoms with E-state index in [9.17, 15) is 24.9 Å². The van der Waals surface area contributed by atoms with Crippen LogP contribution >= 0.6 is 0 Å². The van der Waals surface area contributed by atoms with E-state index < -0.39 is 81.5 Å².